The van der Waals surface area contributed by atoms with Gasteiger partial charge in [-0.15, -0.1) is 0 Å². The quantitative estimate of drug-likeness (QED) is 0.756. The summed E-state index contributed by atoms with van der Waals surface area (Å²) >= 11 is 0. The molecule has 1 unspecified atom stereocenters. The van der Waals surface area contributed by atoms with Crippen LogP contribution in [0.4, 0.5) is 0 Å². The molecule has 2 aromatic carbocycles. The molecule has 0 bridgehead atoms. The zero-order chi connectivity index (χ0) is 14.9. The van der Waals surface area contributed by atoms with Gasteiger partial charge < -0.3 is 5.11 Å². The van der Waals surface area contributed by atoms with Gasteiger partial charge in [-0.05, 0) is 40.5 Å². The highest BCUT2D eigenvalue weighted by Gasteiger charge is 2.26. The van der Waals surface area contributed by atoms with E-state index < -0.39 is 0 Å². The average Bonchev–Trinajstić information content (AvgIpc) is 2.35. The van der Waals surface area contributed by atoms with E-state index in [1.165, 1.54) is 10.8 Å². The molecule has 0 amide bonds. The van der Waals surface area contributed by atoms with Gasteiger partial charge in [0, 0.05) is 5.56 Å². The third-order valence-electron chi connectivity index (χ3n) is 3.96. The van der Waals surface area contributed by atoms with Crippen molar-refractivity contribution in [2.24, 2.45) is 11.3 Å². The van der Waals surface area contributed by atoms with Crippen molar-refractivity contribution in [3.8, 4) is 5.75 Å². The molecule has 2 aromatic rings. The Balaban J connectivity index is 2.61. The molecule has 0 saturated heterocycles. The van der Waals surface area contributed by atoms with Gasteiger partial charge in [0.1, 0.15) is 5.75 Å². The standard InChI is InChI=1S/C19H26O/c1-13(2)16(12-19(3,4)5)18-15-9-7-6-8-14(15)10-11-17(18)20/h6-11,13,16,20H,12H2,1-5H3. The number of hydrogen-bond acceptors (Lipinski definition) is 1. The molecular formula is C19H26O. The summed E-state index contributed by atoms with van der Waals surface area (Å²) in [5.74, 6) is 1.32. The molecule has 20 heavy (non-hydrogen) atoms. The summed E-state index contributed by atoms with van der Waals surface area (Å²) in [6, 6.07) is 12.2. The third kappa shape index (κ3) is 3.15. The number of hydrogen-bond donors (Lipinski definition) is 1. The van der Waals surface area contributed by atoms with Crippen molar-refractivity contribution in [3.05, 3.63) is 42.0 Å². The van der Waals surface area contributed by atoms with Gasteiger partial charge in [0.2, 0.25) is 0 Å². The van der Waals surface area contributed by atoms with Gasteiger partial charge in [0.05, 0.1) is 0 Å². The molecule has 0 fully saturated rings. The molecule has 1 heteroatoms. The Morgan fingerprint density at radius 2 is 1.65 bits per heavy atom. The number of phenols is 1. The Hall–Kier alpha value is -1.50. The molecule has 0 radical (unpaired) electrons. The van der Waals surface area contributed by atoms with Crippen LogP contribution in [0.1, 0.15) is 52.5 Å². The Bertz CT molecular complexity index is 590. The third-order valence-corrected chi connectivity index (χ3v) is 3.96. The van der Waals surface area contributed by atoms with E-state index in [1.807, 2.05) is 12.1 Å². The van der Waals surface area contributed by atoms with Crippen LogP contribution in [-0.2, 0) is 0 Å². The van der Waals surface area contributed by atoms with Crippen molar-refractivity contribution in [1.29, 1.82) is 0 Å². The van der Waals surface area contributed by atoms with Gasteiger partial charge in [-0.1, -0.05) is 65.0 Å². The second-order valence-electron chi connectivity index (χ2n) is 7.33. The predicted molar refractivity (Wildman–Crippen MR) is 87.3 cm³/mol. The minimum atomic E-state index is 0.248. The molecule has 0 spiro atoms. The highest BCUT2D eigenvalue weighted by atomic mass is 16.3. The van der Waals surface area contributed by atoms with E-state index in [1.54, 1.807) is 0 Å². The van der Waals surface area contributed by atoms with Crippen LogP contribution in [-0.4, -0.2) is 5.11 Å². The number of phenolic OH excluding ortho intramolecular Hbond substituents is 1. The highest BCUT2D eigenvalue weighted by Crippen LogP contribution is 2.43. The largest absolute Gasteiger partial charge is 0.508 e. The SMILES string of the molecule is CC(C)C(CC(C)(C)C)c1c(O)ccc2ccccc12. The lowest BCUT2D eigenvalue weighted by molar-refractivity contribution is 0.297. The topological polar surface area (TPSA) is 20.2 Å². The monoisotopic (exact) mass is 270 g/mol. The fraction of sp³-hybridized carbons (Fsp3) is 0.474. The minimum Gasteiger partial charge on any atom is -0.508 e. The molecule has 1 N–H and O–H groups in total. The first-order chi connectivity index (χ1) is 9.29. The van der Waals surface area contributed by atoms with Crippen molar-refractivity contribution in [2.45, 2.75) is 47.0 Å². The second-order valence-corrected chi connectivity index (χ2v) is 7.33. The fourth-order valence-corrected chi connectivity index (χ4v) is 3.00. The number of rotatable bonds is 3. The van der Waals surface area contributed by atoms with Gasteiger partial charge >= 0.3 is 0 Å². The van der Waals surface area contributed by atoms with Crippen LogP contribution >= 0.6 is 0 Å². The molecule has 0 saturated carbocycles. The van der Waals surface area contributed by atoms with Gasteiger partial charge in [-0.3, -0.25) is 0 Å². The molecule has 0 aliphatic carbocycles. The number of aromatic hydroxyl groups is 1. The smallest absolute Gasteiger partial charge is 0.119 e. The van der Waals surface area contributed by atoms with Crippen LogP contribution in [0.25, 0.3) is 10.8 Å². The zero-order valence-electron chi connectivity index (χ0n) is 13.3. The molecule has 1 atom stereocenters. The first-order valence-corrected chi connectivity index (χ1v) is 7.50. The summed E-state index contributed by atoms with van der Waals surface area (Å²) in [4.78, 5) is 0. The van der Waals surface area contributed by atoms with Gasteiger partial charge in [-0.25, -0.2) is 0 Å². The first kappa shape index (κ1) is 14.9. The van der Waals surface area contributed by atoms with Gasteiger partial charge in [-0.2, -0.15) is 0 Å². The Kier molecular flexibility index (Phi) is 4.08. The van der Waals surface area contributed by atoms with Gasteiger partial charge in [0.15, 0.2) is 0 Å². The summed E-state index contributed by atoms with van der Waals surface area (Å²) in [5, 5.41) is 12.8. The second kappa shape index (κ2) is 5.47. The van der Waals surface area contributed by atoms with Crippen LogP contribution in [0.2, 0.25) is 0 Å². The number of benzene rings is 2. The molecule has 0 aromatic heterocycles. The molecule has 0 aliphatic heterocycles. The fourth-order valence-electron chi connectivity index (χ4n) is 3.00. The van der Waals surface area contributed by atoms with E-state index in [0.29, 0.717) is 17.6 Å². The highest BCUT2D eigenvalue weighted by molar-refractivity contribution is 5.88. The van der Waals surface area contributed by atoms with Crippen LogP contribution in [0.15, 0.2) is 36.4 Å². The maximum Gasteiger partial charge on any atom is 0.119 e. The average molecular weight is 270 g/mol. The predicted octanol–water partition coefficient (Wildman–Crippen LogP) is 5.72. The van der Waals surface area contributed by atoms with Crippen molar-refractivity contribution in [3.63, 3.8) is 0 Å². The molecule has 0 heterocycles. The van der Waals surface area contributed by atoms with Crippen LogP contribution in [0.5, 0.6) is 5.75 Å². The van der Waals surface area contributed by atoms with E-state index in [2.05, 4.69) is 58.9 Å². The van der Waals surface area contributed by atoms with Crippen LogP contribution in [0.3, 0.4) is 0 Å². The lowest BCUT2D eigenvalue weighted by atomic mass is 9.75. The molecule has 0 aliphatic rings. The Morgan fingerprint density at radius 3 is 2.25 bits per heavy atom. The van der Waals surface area contributed by atoms with E-state index in [-0.39, 0.29) is 5.41 Å². The normalized spacial score (nSPS) is 13.9. The minimum absolute atomic E-state index is 0.248. The Labute approximate surface area is 122 Å². The van der Waals surface area contributed by atoms with Crippen molar-refractivity contribution in [2.75, 3.05) is 0 Å². The summed E-state index contributed by atoms with van der Waals surface area (Å²) in [6.45, 7) is 11.3. The summed E-state index contributed by atoms with van der Waals surface area (Å²) in [5.41, 5.74) is 1.37. The summed E-state index contributed by atoms with van der Waals surface area (Å²) in [7, 11) is 0. The van der Waals surface area contributed by atoms with E-state index in [4.69, 9.17) is 0 Å². The van der Waals surface area contributed by atoms with Crippen LogP contribution < -0.4 is 0 Å². The van der Waals surface area contributed by atoms with Crippen molar-refractivity contribution < 1.29 is 5.11 Å². The molecule has 2 rings (SSSR count). The lowest BCUT2D eigenvalue weighted by Crippen LogP contribution is -2.16. The van der Waals surface area contributed by atoms with Crippen molar-refractivity contribution >= 4 is 10.8 Å². The van der Waals surface area contributed by atoms with E-state index in [0.717, 1.165) is 12.0 Å². The zero-order valence-corrected chi connectivity index (χ0v) is 13.3. The maximum atomic E-state index is 10.4. The van der Waals surface area contributed by atoms with E-state index in [9.17, 15) is 5.11 Å². The number of fused-ring (bicyclic) bond motifs is 1. The maximum absolute atomic E-state index is 10.4. The molecular weight excluding hydrogens is 244 g/mol. The van der Waals surface area contributed by atoms with Crippen molar-refractivity contribution in [1.82, 2.24) is 0 Å². The lowest BCUT2D eigenvalue weighted by Gasteiger charge is -2.30. The molecule has 108 valence electrons. The molecule has 1 nitrogen and oxygen atoms in total. The van der Waals surface area contributed by atoms with E-state index >= 15 is 0 Å². The van der Waals surface area contributed by atoms with Crippen LogP contribution in [0, 0.1) is 11.3 Å². The van der Waals surface area contributed by atoms with Gasteiger partial charge in [0.25, 0.3) is 0 Å². The summed E-state index contributed by atoms with van der Waals surface area (Å²) in [6.07, 6.45) is 1.08. The summed E-state index contributed by atoms with van der Waals surface area (Å²) < 4.78 is 0. The first-order valence-electron chi connectivity index (χ1n) is 7.50. The Morgan fingerprint density at radius 1 is 1.00 bits per heavy atom.